The molecule has 1 atom stereocenters. The molecule has 1 aromatic rings. The van der Waals surface area contributed by atoms with E-state index in [1.165, 1.54) is 0 Å². The predicted molar refractivity (Wildman–Crippen MR) is 68.7 cm³/mol. The van der Waals surface area contributed by atoms with Gasteiger partial charge in [0.1, 0.15) is 5.15 Å². The first-order chi connectivity index (χ1) is 7.16. The Balaban J connectivity index is 0.00000128. The molecular formula is C10H16Cl2N4. The molecule has 0 spiro atoms. The van der Waals surface area contributed by atoms with Gasteiger partial charge >= 0.3 is 0 Å². The summed E-state index contributed by atoms with van der Waals surface area (Å²) in [5, 5.41) is 3.83. The predicted octanol–water partition coefficient (Wildman–Crippen LogP) is 1.66. The number of nitrogens with zero attached hydrogens (tertiary/aromatic N) is 3. The molecule has 1 aromatic heterocycles. The summed E-state index contributed by atoms with van der Waals surface area (Å²) in [5.41, 5.74) is 0.905. The molecule has 0 aromatic carbocycles. The highest BCUT2D eigenvalue weighted by atomic mass is 35.5. The largest absolute Gasteiger partial charge is 0.340 e. The average Bonchev–Trinajstić information content (AvgIpc) is 2.67. The summed E-state index contributed by atoms with van der Waals surface area (Å²) in [6.45, 7) is 3.98. The highest BCUT2D eigenvalue weighted by molar-refractivity contribution is 6.29. The number of halogens is 2. The first kappa shape index (κ1) is 13.5. The first-order valence-electron chi connectivity index (χ1n) is 5.11. The zero-order valence-electron chi connectivity index (χ0n) is 9.40. The summed E-state index contributed by atoms with van der Waals surface area (Å²) in [6, 6.07) is 2.24. The summed E-state index contributed by atoms with van der Waals surface area (Å²) in [6.07, 6.45) is 1.13. The number of rotatable bonds is 2. The average molecular weight is 263 g/mol. The van der Waals surface area contributed by atoms with E-state index in [9.17, 15) is 0 Å². The van der Waals surface area contributed by atoms with Crippen molar-refractivity contribution in [2.45, 2.75) is 19.4 Å². The molecule has 0 radical (unpaired) electrons. The van der Waals surface area contributed by atoms with Crippen molar-refractivity contribution in [3.63, 3.8) is 0 Å². The van der Waals surface area contributed by atoms with Crippen molar-refractivity contribution in [1.29, 1.82) is 0 Å². The van der Waals surface area contributed by atoms with Gasteiger partial charge in [-0.3, -0.25) is 0 Å². The van der Waals surface area contributed by atoms with Gasteiger partial charge in [-0.05, 0) is 26.0 Å². The second-order valence-electron chi connectivity index (χ2n) is 3.89. The van der Waals surface area contributed by atoms with Crippen LogP contribution in [-0.2, 0) is 0 Å². The molecule has 0 saturated carbocycles. The van der Waals surface area contributed by atoms with Gasteiger partial charge < -0.3 is 10.2 Å². The number of anilines is 1. The third-order valence-corrected chi connectivity index (χ3v) is 2.90. The lowest BCUT2D eigenvalue weighted by atomic mass is 10.2. The van der Waals surface area contributed by atoms with E-state index in [1.54, 1.807) is 6.07 Å². The molecule has 0 bridgehead atoms. The van der Waals surface area contributed by atoms with Crippen LogP contribution in [-0.4, -0.2) is 36.1 Å². The zero-order valence-corrected chi connectivity index (χ0v) is 11.0. The van der Waals surface area contributed by atoms with E-state index < -0.39 is 0 Å². The van der Waals surface area contributed by atoms with E-state index in [2.05, 4.69) is 20.2 Å². The number of aromatic nitrogens is 2. The molecule has 4 nitrogen and oxygen atoms in total. The minimum Gasteiger partial charge on any atom is -0.340 e. The van der Waals surface area contributed by atoms with Crippen LogP contribution in [0.4, 0.5) is 5.95 Å². The topological polar surface area (TPSA) is 41.1 Å². The molecular weight excluding hydrogens is 247 g/mol. The summed E-state index contributed by atoms with van der Waals surface area (Å²) in [5.74, 6) is 0.716. The second kappa shape index (κ2) is 5.66. The molecule has 6 heteroatoms. The summed E-state index contributed by atoms with van der Waals surface area (Å²) >= 11 is 5.91. The summed E-state index contributed by atoms with van der Waals surface area (Å²) in [7, 11) is 2.02. The van der Waals surface area contributed by atoms with Crippen LogP contribution in [0.15, 0.2) is 6.07 Å². The highest BCUT2D eigenvalue weighted by Gasteiger charge is 2.21. The number of aryl methyl sites for hydroxylation is 1. The van der Waals surface area contributed by atoms with E-state index in [1.807, 2.05) is 14.0 Å². The van der Waals surface area contributed by atoms with E-state index in [4.69, 9.17) is 11.6 Å². The van der Waals surface area contributed by atoms with Crippen molar-refractivity contribution >= 4 is 30.0 Å². The van der Waals surface area contributed by atoms with Gasteiger partial charge in [-0.15, -0.1) is 12.4 Å². The van der Waals surface area contributed by atoms with Gasteiger partial charge in [0.05, 0.1) is 0 Å². The van der Waals surface area contributed by atoms with Crippen molar-refractivity contribution in [1.82, 2.24) is 15.3 Å². The molecule has 1 fully saturated rings. The van der Waals surface area contributed by atoms with E-state index in [-0.39, 0.29) is 12.4 Å². The van der Waals surface area contributed by atoms with Crippen LogP contribution in [0.3, 0.4) is 0 Å². The fraction of sp³-hybridized carbons (Fsp3) is 0.600. The Morgan fingerprint density at radius 1 is 1.50 bits per heavy atom. The fourth-order valence-corrected chi connectivity index (χ4v) is 2.04. The molecule has 0 unspecified atom stereocenters. The van der Waals surface area contributed by atoms with E-state index in [0.717, 1.165) is 25.2 Å². The van der Waals surface area contributed by atoms with Crippen LogP contribution < -0.4 is 10.2 Å². The van der Waals surface area contributed by atoms with Crippen molar-refractivity contribution < 1.29 is 0 Å². The van der Waals surface area contributed by atoms with Crippen molar-refractivity contribution in [2.24, 2.45) is 0 Å². The molecule has 1 saturated heterocycles. The van der Waals surface area contributed by atoms with Crippen LogP contribution in [0.2, 0.25) is 5.15 Å². The second-order valence-corrected chi connectivity index (χ2v) is 4.28. The van der Waals surface area contributed by atoms with Gasteiger partial charge in [0.15, 0.2) is 0 Å². The minimum absolute atomic E-state index is 0. The molecule has 0 aliphatic carbocycles. The van der Waals surface area contributed by atoms with Gasteiger partial charge in [0, 0.05) is 25.3 Å². The maximum absolute atomic E-state index is 5.91. The normalized spacial score (nSPS) is 19.3. The maximum atomic E-state index is 5.91. The Bertz CT molecular complexity index is 332. The molecule has 0 amide bonds. The third kappa shape index (κ3) is 2.97. The lowest BCUT2D eigenvalue weighted by Crippen LogP contribution is -2.34. The monoisotopic (exact) mass is 262 g/mol. The van der Waals surface area contributed by atoms with Gasteiger partial charge in [-0.25, -0.2) is 9.97 Å². The third-order valence-electron chi connectivity index (χ3n) is 2.71. The SMILES string of the molecule is Cc1cc(Cl)nc(N(C)[C@H]2CCNC2)n1.Cl. The molecule has 90 valence electrons. The van der Waals surface area contributed by atoms with Crippen LogP contribution in [0.25, 0.3) is 0 Å². The quantitative estimate of drug-likeness (QED) is 0.824. The van der Waals surface area contributed by atoms with Crippen molar-refractivity contribution in [3.05, 3.63) is 16.9 Å². The van der Waals surface area contributed by atoms with Crippen LogP contribution in [0.1, 0.15) is 12.1 Å². The molecule has 2 rings (SSSR count). The molecule has 1 aliphatic heterocycles. The highest BCUT2D eigenvalue weighted by Crippen LogP contribution is 2.16. The summed E-state index contributed by atoms with van der Waals surface area (Å²) < 4.78 is 0. The molecule has 16 heavy (non-hydrogen) atoms. The Labute approximate surface area is 107 Å². The van der Waals surface area contributed by atoms with Crippen LogP contribution >= 0.6 is 24.0 Å². The van der Waals surface area contributed by atoms with Gasteiger partial charge in [-0.2, -0.15) is 0 Å². The van der Waals surface area contributed by atoms with Gasteiger partial charge in [0.2, 0.25) is 5.95 Å². The Kier molecular flexibility index (Phi) is 4.77. The first-order valence-corrected chi connectivity index (χ1v) is 5.49. The number of hydrogen-bond donors (Lipinski definition) is 1. The maximum Gasteiger partial charge on any atom is 0.227 e. The Hall–Kier alpha value is -0.580. The lowest BCUT2D eigenvalue weighted by molar-refractivity contribution is 0.667. The summed E-state index contributed by atoms with van der Waals surface area (Å²) in [4.78, 5) is 10.7. The van der Waals surface area contributed by atoms with Crippen LogP contribution in [0, 0.1) is 6.92 Å². The fourth-order valence-electron chi connectivity index (χ4n) is 1.81. The van der Waals surface area contributed by atoms with Gasteiger partial charge in [0.25, 0.3) is 0 Å². The van der Waals surface area contributed by atoms with E-state index in [0.29, 0.717) is 17.1 Å². The van der Waals surface area contributed by atoms with Crippen molar-refractivity contribution in [3.8, 4) is 0 Å². The number of hydrogen-bond acceptors (Lipinski definition) is 4. The van der Waals surface area contributed by atoms with Crippen LogP contribution in [0.5, 0.6) is 0 Å². The van der Waals surface area contributed by atoms with E-state index >= 15 is 0 Å². The minimum atomic E-state index is 0. The number of nitrogens with one attached hydrogen (secondary N) is 1. The molecule has 1 N–H and O–H groups in total. The smallest absolute Gasteiger partial charge is 0.227 e. The molecule has 2 heterocycles. The van der Waals surface area contributed by atoms with Gasteiger partial charge in [-0.1, -0.05) is 11.6 Å². The number of likely N-dealkylation sites (N-methyl/N-ethyl adjacent to an activating group) is 1. The Morgan fingerprint density at radius 2 is 2.25 bits per heavy atom. The Morgan fingerprint density at radius 3 is 2.81 bits per heavy atom. The molecule has 1 aliphatic rings. The zero-order chi connectivity index (χ0) is 10.8. The standard InChI is InChI=1S/C10H15ClN4.ClH/c1-7-5-9(11)14-10(13-7)15(2)8-3-4-12-6-8;/h5,8,12H,3-4,6H2,1-2H3;1H/t8-;/m0./s1. The lowest BCUT2D eigenvalue weighted by Gasteiger charge is -2.23. The van der Waals surface area contributed by atoms with Crippen molar-refractivity contribution in [2.75, 3.05) is 25.0 Å².